The van der Waals surface area contributed by atoms with Crippen molar-refractivity contribution >= 4 is 16.5 Å². The van der Waals surface area contributed by atoms with Crippen molar-refractivity contribution in [2.75, 3.05) is 45.7 Å². The minimum Gasteiger partial charge on any atom is -0.383 e. The molecule has 0 spiro atoms. The van der Waals surface area contributed by atoms with E-state index in [0.29, 0.717) is 0 Å². The zero-order valence-electron chi connectivity index (χ0n) is 8.56. The van der Waals surface area contributed by atoms with Crippen molar-refractivity contribution in [3.63, 3.8) is 0 Å². The van der Waals surface area contributed by atoms with E-state index in [4.69, 9.17) is 4.74 Å². The Morgan fingerprint density at radius 3 is 3.07 bits per heavy atom. The quantitative estimate of drug-likeness (QED) is 0.720. The molecule has 0 bridgehead atoms. The van der Waals surface area contributed by atoms with E-state index in [1.54, 1.807) is 12.6 Å². The van der Waals surface area contributed by atoms with Crippen LogP contribution in [-0.2, 0) is 4.74 Å². The lowest BCUT2D eigenvalue weighted by molar-refractivity contribution is 0.163. The van der Waals surface area contributed by atoms with Crippen LogP contribution >= 0.6 is 11.3 Å². The number of rotatable bonds is 7. The van der Waals surface area contributed by atoms with Gasteiger partial charge in [0.05, 0.1) is 6.61 Å². The summed E-state index contributed by atoms with van der Waals surface area (Å²) in [5, 5.41) is 11.7. The molecule has 0 fully saturated rings. The Balaban J connectivity index is 2.03. The van der Waals surface area contributed by atoms with Crippen LogP contribution in [0.3, 0.4) is 0 Å². The van der Waals surface area contributed by atoms with Gasteiger partial charge in [0.25, 0.3) is 0 Å². The molecule has 1 heterocycles. The van der Waals surface area contributed by atoms with Crippen LogP contribution in [0.2, 0.25) is 0 Å². The van der Waals surface area contributed by atoms with Gasteiger partial charge in [-0.2, -0.15) is 0 Å². The summed E-state index contributed by atoms with van der Waals surface area (Å²) in [6, 6.07) is 0. The zero-order chi connectivity index (χ0) is 10.2. The summed E-state index contributed by atoms with van der Waals surface area (Å²) >= 11 is 1.52. The van der Waals surface area contributed by atoms with Gasteiger partial charge in [-0.05, 0) is 7.05 Å². The Morgan fingerprint density at radius 1 is 1.57 bits per heavy atom. The maximum absolute atomic E-state index is 4.98. The highest BCUT2D eigenvalue weighted by Gasteiger charge is 1.98. The van der Waals surface area contributed by atoms with E-state index in [1.165, 1.54) is 11.3 Å². The predicted molar refractivity (Wildman–Crippen MR) is 57.8 cm³/mol. The standard InChI is InChI=1S/C8H16N4OS/c1-12(5-6-13-2)4-3-9-8-11-10-7-14-8/h7H,3-6H2,1-2H3,(H,9,11). The third-order valence-electron chi connectivity index (χ3n) is 1.81. The Labute approximate surface area is 88.1 Å². The van der Waals surface area contributed by atoms with Gasteiger partial charge >= 0.3 is 0 Å². The Hall–Kier alpha value is -0.720. The fourth-order valence-corrected chi connectivity index (χ4v) is 1.44. The summed E-state index contributed by atoms with van der Waals surface area (Å²) in [7, 11) is 3.79. The fourth-order valence-electron chi connectivity index (χ4n) is 0.963. The number of hydrogen-bond acceptors (Lipinski definition) is 6. The van der Waals surface area contributed by atoms with E-state index < -0.39 is 0 Å². The van der Waals surface area contributed by atoms with Crippen LogP contribution in [0.15, 0.2) is 5.51 Å². The molecule has 0 aromatic carbocycles. The van der Waals surface area contributed by atoms with Crippen LogP contribution in [0.5, 0.6) is 0 Å². The number of aromatic nitrogens is 2. The number of anilines is 1. The maximum atomic E-state index is 4.98. The van der Waals surface area contributed by atoms with E-state index in [9.17, 15) is 0 Å². The molecule has 0 saturated carbocycles. The third kappa shape index (κ3) is 4.50. The van der Waals surface area contributed by atoms with Crippen LogP contribution in [0.25, 0.3) is 0 Å². The van der Waals surface area contributed by atoms with E-state index in [1.807, 2.05) is 0 Å². The highest BCUT2D eigenvalue weighted by Crippen LogP contribution is 2.06. The summed E-state index contributed by atoms with van der Waals surface area (Å²) in [5.41, 5.74) is 1.72. The van der Waals surface area contributed by atoms with Gasteiger partial charge in [-0.15, -0.1) is 10.2 Å². The lowest BCUT2D eigenvalue weighted by Crippen LogP contribution is -2.28. The first-order valence-electron chi connectivity index (χ1n) is 4.50. The molecule has 1 aromatic heterocycles. The lowest BCUT2D eigenvalue weighted by atomic mass is 10.5. The maximum Gasteiger partial charge on any atom is 0.205 e. The molecule has 0 radical (unpaired) electrons. The van der Waals surface area contributed by atoms with Crippen molar-refractivity contribution in [3.8, 4) is 0 Å². The summed E-state index contributed by atoms with van der Waals surface area (Å²) in [4.78, 5) is 2.21. The molecule has 5 nitrogen and oxygen atoms in total. The van der Waals surface area contributed by atoms with Crippen molar-refractivity contribution in [3.05, 3.63) is 5.51 Å². The molecular formula is C8H16N4OS. The monoisotopic (exact) mass is 216 g/mol. The molecule has 0 amide bonds. The largest absolute Gasteiger partial charge is 0.383 e. The van der Waals surface area contributed by atoms with E-state index in [0.717, 1.165) is 31.4 Å². The van der Waals surface area contributed by atoms with Crippen LogP contribution in [0.4, 0.5) is 5.13 Å². The average molecular weight is 216 g/mol. The van der Waals surface area contributed by atoms with Gasteiger partial charge in [-0.1, -0.05) is 11.3 Å². The number of nitrogens with zero attached hydrogens (tertiary/aromatic N) is 3. The summed E-state index contributed by atoms with van der Waals surface area (Å²) < 4.78 is 4.98. The van der Waals surface area contributed by atoms with Crippen molar-refractivity contribution in [1.29, 1.82) is 0 Å². The smallest absolute Gasteiger partial charge is 0.205 e. The highest BCUT2D eigenvalue weighted by molar-refractivity contribution is 7.13. The fraction of sp³-hybridized carbons (Fsp3) is 0.750. The molecule has 1 aromatic rings. The van der Waals surface area contributed by atoms with Crippen LogP contribution in [0, 0.1) is 0 Å². The second-order valence-corrected chi connectivity index (χ2v) is 3.80. The number of likely N-dealkylation sites (N-methyl/N-ethyl adjacent to an activating group) is 1. The van der Waals surface area contributed by atoms with Gasteiger partial charge < -0.3 is 15.0 Å². The van der Waals surface area contributed by atoms with E-state index in [2.05, 4.69) is 27.5 Å². The lowest BCUT2D eigenvalue weighted by Gasteiger charge is -2.15. The molecule has 0 aliphatic rings. The van der Waals surface area contributed by atoms with Crippen molar-refractivity contribution in [2.45, 2.75) is 0 Å². The van der Waals surface area contributed by atoms with E-state index in [-0.39, 0.29) is 0 Å². The first kappa shape index (κ1) is 11.4. The number of methoxy groups -OCH3 is 1. The normalized spacial score (nSPS) is 10.8. The molecule has 0 aliphatic heterocycles. The second kappa shape index (κ2) is 6.69. The third-order valence-corrected chi connectivity index (χ3v) is 2.46. The Kier molecular flexibility index (Phi) is 5.43. The molecule has 6 heteroatoms. The summed E-state index contributed by atoms with van der Waals surface area (Å²) in [5.74, 6) is 0. The predicted octanol–water partition coefficient (Wildman–Crippen LogP) is 0.528. The van der Waals surface area contributed by atoms with Gasteiger partial charge in [0.15, 0.2) is 0 Å². The minimum absolute atomic E-state index is 0.773. The number of hydrogen-bond donors (Lipinski definition) is 1. The van der Waals surface area contributed by atoms with Crippen molar-refractivity contribution in [1.82, 2.24) is 15.1 Å². The SMILES string of the molecule is COCCN(C)CCNc1nncs1. The average Bonchev–Trinajstić information content (AvgIpc) is 2.67. The topological polar surface area (TPSA) is 50.3 Å². The second-order valence-electron chi connectivity index (χ2n) is 2.97. The van der Waals surface area contributed by atoms with Crippen LogP contribution < -0.4 is 5.32 Å². The van der Waals surface area contributed by atoms with Crippen molar-refractivity contribution < 1.29 is 4.74 Å². The molecule has 0 atom stereocenters. The molecule has 0 unspecified atom stereocenters. The van der Waals surface area contributed by atoms with Crippen LogP contribution in [0.1, 0.15) is 0 Å². The molecular weight excluding hydrogens is 200 g/mol. The molecule has 1 rings (SSSR count). The van der Waals surface area contributed by atoms with Gasteiger partial charge in [0.2, 0.25) is 5.13 Å². The summed E-state index contributed by atoms with van der Waals surface area (Å²) in [6.07, 6.45) is 0. The molecule has 1 N–H and O–H groups in total. The highest BCUT2D eigenvalue weighted by atomic mass is 32.1. The number of nitrogens with one attached hydrogen (secondary N) is 1. The summed E-state index contributed by atoms with van der Waals surface area (Å²) in [6.45, 7) is 3.59. The molecule has 0 aliphatic carbocycles. The Morgan fingerprint density at radius 2 is 2.43 bits per heavy atom. The molecule has 80 valence electrons. The van der Waals surface area contributed by atoms with Gasteiger partial charge in [0, 0.05) is 26.7 Å². The first-order chi connectivity index (χ1) is 6.83. The van der Waals surface area contributed by atoms with E-state index >= 15 is 0 Å². The molecule has 0 saturated heterocycles. The number of ether oxygens (including phenoxy) is 1. The molecule has 14 heavy (non-hydrogen) atoms. The minimum atomic E-state index is 0.773. The first-order valence-corrected chi connectivity index (χ1v) is 5.38. The van der Waals surface area contributed by atoms with Gasteiger partial charge in [-0.3, -0.25) is 0 Å². The van der Waals surface area contributed by atoms with Crippen molar-refractivity contribution in [2.24, 2.45) is 0 Å². The van der Waals surface area contributed by atoms with Gasteiger partial charge in [-0.25, -0.2) is 0 Å². The van der Waals surface area contributed by atoms with Gasteiger partial charge in [0.1, 0.15) is 5.51 Å². The van der Waals surface area contributed by atoms with Crippen LogP contribution in [-0.4, -0.2) is 55.5 Å². The Bertz CT molecular complexity index is 229. The zero-order valence-corrected chi connectivity index (χ0v) is 9.38.